The summed E-state index contributed by atoms with van der Waals surface area (Å²) in [6.07, 6.45) is 0. The first-order valence-corrected chi connectivity index (χ1v) is 7.41. The number of benzene rings is 3. The van der Waals surface area contributed by atoms with Crippen LogP contribution in [-0.4, -0.2) is 0 Å². The molecular weight excluding hydrogens is 355 g/mol. The third-order valence-electron chi connectivity index (χ3n) is 3.17. The molecule has 3 rings (SSSR count). The highest BCUT2D eigenvalue weighted by Crippen LogP contribution is 2.30. The number of hydrogen-bond acceptors (Lipinski definition) is 2. The van der Waals surface area contributed by atoms with Crippen molar-refractivity contribution in [2.75, 3.05) is 11.1 Å². The van der Waals surface area contributed by atoms with Gasteiger partial charge in [-0.15, -0.1) is 0 Å². The maximum absolute atomic E-state index is 13.3. The van der Waals surface area contributed by atoms with Crippen molar-refractivity contribution >= 4 is 55.4 Å². The predicted molar refractivity (Wildman–Crippen MR) is 90.8 cm³/mol. The molecule has 0 aliphatic heterocycles. The summed E-state index contributed by atoms with van der Waals surface area (Å²) >= 11 is 9.24. The van der Waals surface area contributed by atoms with E-state index >= 15 is 0 Å². The second-order valence-electron chi connectivity index (χ2n) is 4.68. The molecule has 0 aliphatic rings. The minimum Gasteiger partial charge on any atom is -0.397 e. The van der Waals surface area contributed by atoms with Crippen LogP contribution in [0.25, 0.3) is 10.8 Å². The lowest BCUT2D eigenvalue weighted by Gasteiger charge is -2.11. The summed E-state index contributed by atoms with van der Waals surface area (Å²) in [5.41, 5.74) is 7.56. The zero-order chi connectivity index (χ0) is 15.0. The molecule has 0 radical (unpaired) electrons. The van der Waals surface area contributed by atoms with Crippen LogP contribution >= 0.6 is 27.5 Å². The molecule has 2 nitrogen and oxygen atoms in total. The van der Waals surface area contributed by atoms with E-state index in [4.69, 9.17) is 17.3 Å². The van der Waals surface area contributed by atoms with Crippen LogP contribution in [0.2, 0.25) is 5.02 Å². The number of fused-ring (bicyclic) bond motifs is 1. The molecule has 0 spiro atoms. The van der Waals surface area contributed by atoms with Gasteiger partial charge in [-0.3, -0.25) is 0 Å². The lowest BCUT2D eigenvalue weighted by Crippen LogP contribution is -1.97. The van der Waals surface area contributed by atoms with Crippen molar-refractivity contribution in [3.63, 3.8) is 0 Å². The smallest absolute Gasteiger partial charge is 0.143 e. The van der Waals surface area contributed by atoms with Gasteiger partial charge in [0.05, 0.1) is 16.4 Å². The minimum atomic E-state index is -0.525. The Balaban J connectivity index is 1.98. The summed E-state index contributed by atoms with van der Waals surface area (Å²) in [4.78, 5) is 0. The largest absolute Gasteiger partial charge is 0.397 e. The van der Waals surface area contributed by atoms with E-state index in [0.717, 1.165) is 20.9 Å². The maximum atomic E-state index is 13.3. The molecule has 3 aromatic rings. The van der Waals surface area contributed by atoms with Crippen molar-refractivity contribution < 1.29 is 4.39 Å². The first kappa shape index (κ1) is 14.2. The predicted octanol–water partition coefficient (Wildman–Crippen LogP) is 5.72. The molecule has 0 atom stereocenters. The first-order valence-electron chi connectivity index (χ1n) is 6.24. The molecule has 21 heavy (non-hydrogen) atoms. The molecule has 0 aliphatic carbocycles. The minimum absolute atomic E-state index is 0.0384. The number of nitrogen functional groups attached to an aromatic ring is 1. The van der Waals surface area contributed by atoms with E-state index in [-0.39, 0.29) is 5.02 Å². The fourth-order valence-corrected chi connectivity index (χ4v) is 2.66. The number of anilines is 3. The Morgan fingerprint density at radius 2 is 1.71 bits per heavy atom. The summed E-state index contributed by atoms with van der Waals surface area (Å²) in [6.45, 7) is 0. The van der Waals surface area contributed by atoms with Crippen LogP contribution in [0.15, 0.2) is 53.0 Å². The van der Waals surface area contributed by atoms with Crippen LogP contribution in [0.1, 0.15) is 0 Å². The second-order valence-corrected chi connectivity index (χ2v) is 6.01. The van der Waals surface area contributed by atoms with Crippen LogP contribution in [0.3, 0.4) is 0 Å². The molecule has 3 aromatic carbocycles. The monoisotopic (exact) mass is 364 g/mol. The van der Waals surface area contributed by atoms with E-state index in [2.05, 4.69) is 21.2 Å². The quantitative estimate of drug-likeness (QED) is 0.570. The van der Waals surface area contributed by atoms with Crippen molar-refractivity contribution in [2.24, 2.45) is 0 Å². The van der Waals surface area contributed by atoms with E-state index in [1.54, 1.807) is 0 Å². The van der Waals surface area contributed by atoms with Gasteiger partial charge < -0.3 is 11.1 Å². The average molecular weight is 366 g/mol. The van der Waals surface area contributed by atoms with Crippen LogP contribution in [0.5, 0.6) is 0 Å². The van der Waals surface area contributed by atoms with Crippen LogP contribution < -0.4 is 11.1 Å². The van der Waals surface area contributed by atoms with E-state index in [0.29, 0.717) is 11.4 Å². The van der Waals surface area contributed by atoms with Gasteiger partial charge >= 0.3 is 0 Å². The van der Waals surface area contributed by atoms with Crippen LogP contribution in [0.4, 0.5) is 21.5 Å². The molecule has 0 fully saturated rings. The molecule has 0 heterocycles. The van der Waals surface area contributed by atoms with Gasteiger partial charge in [-0.25, -0.2) is 4.39 Å². The third-order valence-corrected chi connectivity index (χ3v) is 3.96. The summed E-state index contributed by atoms with van der Waals surface area (Å²) < 4.78 is 14.3. The number of hydrogen-bond donors (Lipinski definition) is 2. The zero-order valence-corrected chi connectivity index (χ0v) is 13.2. The summed E-state index contributed by atoms with van der Waals surface area (Å²) in [5.74, 6) is -0.525. The van der Waals surface area contributed by atoms with Gasteiger partial charge in [0, 0.05) is 16.2 Å². The Labute approximate surface area is 134 Å². The Morgan fingerprint density at radius 3 is 2.52 bits per heavy atom. The van der Waals surface area contributed by atoms with Gasteiger partial charge in [0.2, 0.25) is 0 Å². The molecular formula is C16H11BrClFN2. The number of nitrogens with one attached hydrogen (secondary N) is 1. The Morgan fingerprint density at radius 1 is 1.00 bits per heavy atom. The van der Waals surface area contributed by atoms with Gasteiger partial charge in [-0.05, 0) is 41.1 Å². The molecule has 5 heteroatoms. The van der Waals surface area contributed by atoms with Gasteiger partial charge in [0.15, 0.2) is 0 Å². The summed E-state index contributed by atoms with van der Waals surface area (Å²) in [7, 11) is 0. The summed E-state index contributed by atoms with van der Waals surface area (Å²) in [6, 6.07) is 14.7. The third kappa shape index (κ3) is 2.96. The number of halogens is 3. The van der Waals surface area contributed by atoms with E-state index < -0.39 is 5.82 Å². The highest BCUT2D eigenvalue weighted by Gasteiger charge is 2.07. The standard InChI is InChI=1S/C16H11BrClFN2/c17-11-3-1-10-6-12(4-2-9(10)5-11)21-16-7-13(18)14(19)8-15(16)20/h1-8,21H,20H2. The fourth-order valence-electron chi connectivity index (χ4n) is 2.12. The zero-order valence-electron chi connectivity index (χ0n) is 10.8. The van der Waals surface area contributed by atoms with Gasteiger partial charge in [-0.2, -0.15) is 0 Å². The van der Waals surface area contributed by atoms with Gasteiger partial charge in [-0.1, -0.05) is 39.7 Å². The SMILES string of the molecule is Nc1cc(F)c(Cl)cc1Nc1ccc2cc(Br)ccc2c1. The fraction of sp³-hybridized carbons (Fsp3) is 0. The summed E-state index contributed by atoms with van der Waals surface area (Å²) in [5, 5.41) is 5.42. The topological polar surface area (TPSA) is 38.0 Å². The van der Waals surface area contributed by atoms with Crippen LogP contribution in [0, 0.1) is 5.82 Å². The van der Waals surface area contributed by atoms with Crippen molar-refractivity contribution in [3.05, 3.63) is 63.8 Å². The van der Waals surface area contributed by atoms with Crippen molar-refractivity contribution in [2.45, 2.75) is 0 Å². The molecule has 0 saturated heterocycles. The van der Waals surface area contributed by atoms with Crippen molar-refractivity contribution in [1.82, 2.24) is 0 Å². The van der Waals surface area contributed by atoms with Crippen molar-refractivity contribution in [1.29, 1.82) is 0 Å². The van der Waals surface area contributed by atoms with Gasteiger partial charge in [0.25, 0.3) is 0 Å². The first-order chi connectivity index (χ1) is 10.0. The van der Waals surface area contributed by atoms with Gasteiger partial charge in [0.1, 0.15) is 5.82 Å². The second kappa shape index (κ2) is 5.54. The van der Waals surface area contributed by atoms with E-state index in [1.807, 2.05) is 36.4 Å². The molecule has 3 N–H and O–H groups in total. The Kier molecular flexibility index (Phi) is 3.74. The molecule has 0 aromatic heterocycles. The molecule has 0 unspecified atom stereocenters. The Hall–Kier alpha value is -1.78. The molecule has 106 valence electrons. The highest BCUT2D eigenvalue weighted by atomic mass is 79.9. The lowest BCUT2D eigenvalue weighted by atomic mass is 10.1. The average Bonchev–Trinajstić information content (AvgIpc) is 2.45. The lowest BCUT2D eigenvalue weighted by molar-refractivity contribution is 0.629. The highest BCUT2D eigenvalue weighted by molar-refractivity contribution is 9.10. The molecule has 0 bridgehead atoms. The molecule has 0 amide bonds. The van der Waals surface area contributed by atoms with E-state index in [1.165, 1.54) is 12.1 Å². The number of nitrogens with two attached hydrogens (primary N) is 1. The van der Waals surface area contributed by atoms with Crippen molar-refractivity contribution in [3.8, 4) is 0 Å². The Bertz CT molecular complexity index is 836. The van der Waals surface area contributed by atoms with E-state index in [9.17, 15) is 4.39 Å². The number of rotatable bonds is 2. The normalized spacial score (nSPS) is 10.8. The van der Waals surface area contributed by atoms with Crippen LogP contribution in [-0.2, 0) is 0 Å². The molecule has 0 saturated carbocycles. The maximum Gasteiger partial charge on any atom is 0.143 e.